The van der Waals surface area contributed by atoms with Crippen molar-refractivity contribution in [3.05, 3.63) is 52.2 Å². The van der Waals surface area contributed by atoms with E-state index in [-0.39, 0.29) is 16.5 Å². The van der Waals surface area contributed by atoms with Crippen LogP contribution in [0.25, 0.3) is 0 Å². The molecule has 9 heteroatoms. The second kappa shape index (κ2) is 7.05. The number of benzene rings is 1. The van der Waals surface area contributed by atoms with Crippen molar-refractivity contribution in [2.45, 2.75) is 5.16 Å². The third-order valence-electron chi connectivity index (χ3n) is 2.82. The molecule has 0 unspecified atom stereocenters. The predicted octanol–water partition coefficient (Wildman–Crippen LogP) is 0.749. The molecule has 0 atom stereocenters. The quantitative estimate of drug-likeness (QED) is 0.619. The molecular weight excluding hydrogens is 323 g/mol. The number of carbonyl (C=O) groups excluding carboxylic acids is 2. The lowest BCUT2D eigenvalue weighted by atomic mass is 10.2. The summed E-state index contributed by atoms with van der Waals surface area (Å²) < 4.78 is 14.0. The highest BCUT2D eigenvalue weighted by atomic mass is 32.2. The zero-order valence-corrected chi connectivity index (χ0v) is 12.9. The summed E-state index contributed by atoms with van der Waals surface area (Å²) in [5.41, 5.74) is 4.66. The van der Waals surface area contributed by atoms with Crippen LogP contribution in [-0.4, -0.2) is 27.1 Å². The number of nitrogens with zero attached hydrogens (tertiary/aromatic N) is 2. The monoisotopic (exact) mass is 336 g/mol. The number of thioether (sulfide) groups is 1. The summed E-state index contributed by atoms with van der Waals surface area (Å²) in [6.07, 6.45) is 1.13. The summed E-state index contributed by atoms with van der Waals surface area (Å²) in [5.74, 6) is -1.66. The summed E-state index contributed by atoms with van der Waals surface area (Å²) in [5, 5.41) is 2.75. The summed E-state index contributed by atoms with van der Waals surface area (Å²) in [6.45, 7) is 0. The number of amides is 2. The van der Waals surface area contributed by atoms with Crippen LogP contribution in [-0.2, 0) is 11.8 Å². The first kappa shape index (κ1) is 16.7. The van der Waals surface area contributed by atoms with Crippen LogP contribution in [0, 0.1) is 5.82 Å². The molecule has 0 saturated heterocycles. The number of nitrogens with two attached hydrogens (primary N) is 1. The molecule has 0 spiro atoms. The first-order chi connectivity index (χ1) is 10.9. The zero-order valence-electron chi connectivity index (χ0n) is 12.1. The van der Waals surface area contributed by atoms with E-state index in [0.717, 1.165) is 22.5 Å². The lowest BCUT2D eigenvalue weighted by molar-refractivity contribution is -0.115. The van der Waals surface area contributed by atoms with Crippen molar-refractivity contribution < 1.29 is 14.0 Å². The molecule has 0 saturated carbocycles. The number of carbonyl (C=O) groups is 2. The Morgan fingerprint density at radius 3 is 2.61 bits per heavy atom. The maximum atomic E-state index is 12.8. The number of primary amides is 1. The molecule has 1 heterocycles. The van der Waals surface area contributed by atoms with Crippen LogP contribution in [0.4, 0.5) is 10.1 Å². The van der Waals surface area contributed by atoms with Gasteiger partial charge in [-0.25, -0.2) is 9.37 Å². The average molecular weight is 336 g/mol. The van der Waals surface area contributed by atoms with E-state index in [1.807, 2.05) is 0 Å². The van der Waals surface area contributed by atoms with Crippen molar-refractivity contribution in [3.8, 4) is 0 Å². The van der Waals surface area contributed by atoms with Gasteiger partial charge in [0.25, 0.3) is 11.5 Å². The molecule has 0 bridgehead atoms. The van der Waals surface area contributed by atoms with Gasteiger partial charge in [0, 0.05) is 18.9 Å². The van der Waals surface area contributed by atoms with Gasteiger partial charge in [0.2, 0.25) is 5.91 Å². The molecule has 2 rings (SSSR count). The summed E-state index contributed by atoms with van der Waals surface area (Å²) in [6, 6.07) is 5.13. The second-order valence-corrected chi connectivity index (χ2v) is 5.48. The van der Waals surface area contributed by atoms with Gasteiger partial charge in [-0.15, -0.1) is 0 Å². The Labute approximate surface area is 134 Å². The van der Waals surface area contributed by atoms with Crippen molar-refractivity contribution in [2.75, 3.05) is 11.1 Å². The van der Waals surface area contributed by atoms with Crippen molar-refractivity contribution >= 4 is 29.3 Å². The Morgan fingerprint density at radius 1 is 1.35 bits per heavy atom. The second-order valence-electron chi connectivity index (χ2n) is 4.53. The minimum atomic E-state index is -0.656. The van der Waals surface area contributed by atoms with E-state index in [9.17, 15) is 18.8 Å². The first-order valence-corrected chi connectivity index (χ1v) is 7.41. The normalized spacial score (nSPS) is 10.3. The molecule has 0 radical (unpaired) electrons. The van der Waals surface area contributed by atoms with E-state index in [2.05, 4.69) is 10.3 Å². The van der Waals surface area contributed by atoms with Crippen molar-refractivity contribution in [1.82, 2.24) is 9.55 Å². The number of aromatic nitrogens is 2. The fourth-order valence-electron chi connectivity index (χ4n) is 1.69. The number of rotatable bonds is 5. The first-order valence-electron chi connectivity index (χ1n) is 6.42. The minimum Gasteiger partial charge on any atom is -0.369 e. The number of nitrogens with one attached hydrogen (secondary N) is 1. The summed E-state index contributed by atoms with van der Waals surface area (Å²) in [7, 11) is 1.44. The van der Waals surface area contributed by atoms with E-state index in [0.29, 0.717) is 5.69 Å². The number of halogens is 1. The van der Waals surface area contributed by atoms with Gasteiger partial charge in [-0.1, -0.05) is 11.8 Å². The Hall–Kier alpha value is -2.68. The van der Waals surface area contributed by atoms with Crippen LogP contribution in [0.5, 0.6) is 0 Å². The van der Waals surface area contributed by atoms with Crippen LogP contribution in [0.1, 0.15) is 10.4 Å². The Morgan fingerprint density at radius 2 is 2.00 bits per heavy atom. The third kappa shape index (κ3) is 4.16. The molecule has 2 amide bonds. The van der Waals surface area contributed by atoms with E-state index in [4.69, 9.17) is 5.73 Å². The molecule has 120 valence electrons. The van der Waals surface area contributed by atoms with Gasteiger partial charge >= 0.3 is 0 Å². The number of anilines is 1. The molecule has 0 aliphatic carbocycles. The van der Waals surface area contributed by atoms with E-state index in [1.165, 1.54) is 31.3 Å². The van der Waals surface area contributed by atoms with Gasteiger partial charge in [0.1, 0.15) is 11.4 Å². The topological polar surface area (TPSA) is 107 Å². The maximum absolute atomic E-state index is 12.8. The van der Waals surface area contributed by atoms with Gasteiger partial charge in [-0.2, -0.15) is 0 Å². The Bertz CT molecular complexity index is 805. The summed E-state index contributed by atoms with van der Waals surface area (Å²) >= 11 is 0.999. The SMILES string of the molecule is Cn1c(SCC(N)=O)ncc(C(=O)Nc2ccc(F)cc2)c1=O. The van der Waals surface area contributed by atoms with E-state index in [1.54, 1.807) is 0 Å². The molecule has 0 aliphatic heterocycles. The molecular formula is C14H13FN4O3S. The summed E-state index contributed by atoms with van der Waals surface area (Å²) in [4.78, 5) is 39.1. The largest absolute Gasteiger partial charge is 0.369 e. The van der Waals surface area contributed by atoms with E-state index < -0.39 is 23.2 Å². The Balaban J connectivity index is 2.21. The molecule has 23 heavy (non-hydrogen) atoms. The van der Waals surface area contributed by atoms with Crippen molar-refractivity contribution in [3.63, 3.8) is 0 Å². The number of hydrogen-bond acceptors (Lipinski definition) is 5. The smallest absolute Gasteiger partial charge is 0.266 e. The predicted molar refractivity (Wildman–Crippen MR) is 83.7 cm³/mol. The molecule has 3 N–H and O–H groups in total. The molecule has 1 aromatic carbocycles. The molecule has 7 nitrogen and oxygen atoms in total. The lowest BCUT2D eigenvalue weighted by Gasteiger charge is -2.09. The minimum absolute atomic E-state index is 0.0264. The zero-order chi connectivity index (χ0) is 17.0. The lowest BCUT2D eigenvalue weighted by Crippen LogP contribution is -2.29. The van der Waals surface area contributed by atoms with Gasteiger partial charge in [-0.3, -0.25) is 19.0 Å². The maximum Gasteiger partial charge on any atom is 0.266 e. The molecule has 1 aromatic heterocycles. The standard InChI is InChI=1S/C14H13FN4O3S/c1-19-13(22)10(6-17-14(19)23-7-11(16)20)12(21)18-9-4-2-8(15)3-5-9/h2-6H,7H2,1H3,(H2,16,20)(H,18,21). The highest BCUT2D eigenvalue weighted by Crippen LogP contribution is 2.13. The van der Waals surface area contributed by atoms with Gasteiger partial charge in [0.05, 0.1) is 5.75 Å². The average Bonchev–Trinajstić information content (AvgIpc) is 2.50. The van der Waals surface area contributed by atoms with Crippen LogP contribution >= 0.6 is 11.8 Å². The van der Waals surface area contributed by atoms with Crippen LogP contribution in [0.15, 0.2) is 40.4 Å². The molecule has 0 aliphatic rings. The third-order valence-corrected chi connectivity index (χ3v) is 3.88. The van der Waals surface area contributed by atoms with Crippen molar-refractivity contribution in [2.24, 2.45) is 12.8 Å². The van der Waals surface area contributed by atoms with Gasteiger partial charge < -0.3 is 11.1 Å². The van der Waals surface area contributed by atoms with E-state index >= 15 is 0 Å². The van der Waals surface area contributed by atoms with Crippen LogP contribution in [0.2, 0.25) is 0 Å². The fourth-order valence-corrected chi connectivity index (χ4v) is 2.36. The highest BCUT2D eigenvalue weighted by Gasteiger charge is 2.15. The van der Waals surface area contributed by atoms with Crippen LogP contribution in [0.3, 0.4) is 0 Å². The van der Waals surface area contributed by atoms with Crippen LogP contribution < -0.4 is 16.6 Å². The molecule has 2 aromatic rings. The highest BCUT2D eigenvalue weighted by molar-refractivity contribution is 7.99. The van der Waals surface area contributed by atoms with Crippen molar-refractivity contribution in [1.29, 1.82) is 0 Å². The van der Waals surface area contributed by atoms with Gasteiger partial charge in [0.15, 0.2) is 5.16 Å². The molecule has 0 fully saturated rings. The van der Waals surface area contributed by atoms with Gasteiger partial charge in [-0.05, 0) is 24.3 Å². The number of hydrogen-bond donors (Lipinski definition) is 2. The fraction of sp³-hybridized carbons (Fsp3) is 0.143. The Kier molecular flexibility index (Phi) is 5.12.